The summed E-state index contributed by atoms with van der Waals surface area (Å²) in [5, 5.41) is 10.6. The van der Waals surface area contributed by atoms with Crippen molar-refractivity contribution >= 4 is 22.3 Å². The third-order valence-electron chi connectivity index (χ3n) is 5.43. The van der Waals surface area contributed by atoms with Crippen LogP contribution in [-0.2, 0) is 6.42 Å². The first-order chi connectivity index (χ1) is 12.8. The molecule has 2 aromatic rings. The number of anilines is 1. The van der Waals surface area contributed by atoms with Crippen LogP contribution in [0.5, 0.6) is 0 Å². The minimum atomic E-state index is 0.512. The summed E-state index contributed by atoms with van der Waals surface area (Å²) in [5.74, 6) is 1.56. The largest absolute Gasteiger partial charge is 0.363 e. The Bertz CT molecular complexity index is 732. The van der Waals surface area contributed by atoms with Crippen LogP contribution in [0.2, 0.25) is 0 Å². The molecule has 1 fully saturated rings. The summed E-state index contributed by atoms with van der Waals surface area (Å²) >= 11 is 1.84. The fraction of sp³-hybridized carbons (Fsp3) is 0.476. The summed E-state index contributed by atoms with van der Waals surface area (Å²) < 4.78 is 0. The van der Waals surface area contributed by atoms with E-state index in [-0.39, 0.29) is 0 Å². The fourth-order valence-electron chi connectivity index (χ4n) is 3.93. The van der Waals surface area contributed by atoms with Gasteiger partial charge in [0, 0.05) is 38.1 Å². The van der Waals surface area contributed by atoms with E-state index in [0.29, 0.717) is 12.0 Å². The van der Waals surface area contributed by atoms with E-state index in [1.165, 1.54) is 16.1 Å². The van der Waals surface area contributed by atoms with Gasteiger partial charge in [0.25, 0.3) is 0 Å². The number of piperidine rings is 1. The van der Waals surface area contributed by atoms with Crippen molar-refractivity contribution in [2.45, 2.75) is 38.1 Å². The number of guanidine groups is 1. The lowest BCUT2D eigenvalue weighted by Crippen LogP contribution is -2.48. The smallest absolute Gasteiger partial charge is 0.191 e. The number of thiophene rings is 1. The molecular formula is C21H28N4S. The molecule has 138 valence electrons. The average Bonchev–Trinajstić information content (AvgIpc) is 3.18. The normalized spacial score (nSPS) is 20.4. The quantitative estimate of drug-likeness (QED) is 0.626. The summed E-state index contributed by atoms with van der Waals surface area (Å²) in [6.45, 7) is 6.15. The van der Waals surface area contributed by atoms with Crippen LogP contribution >= 0.6 is 11.3 Å². The summed E-state index contributed by atoms with van der Waals surface area (Å²) in [7, 11) is 0. The Kier molecular flexibility index (Phi) is 5.44. The summed E-state index contributed by atoms with van der Waals surface area (Å²) in [4.78, 5) is 7.38. The Morgan fingerprint density at radius 3 is 2.77 bits per heavy atom. The minimum Gasteiger partial charge on any atom is -0.363 e. The molecule has 2 heterocycles. The molecular weight excluding hydrogens is 340 g/mol. The Balaban J connectivity index is 1.30. The second-order valence-electron chi connectivity index (χ2n) is 7.18. The van der Waals surface area contributed by atoms with Crippen LogP contribution in [-0.4, -0.2) is 38.2 Å². The molecule has 1 aromatic heterocycles. The van der Waals surface area contributed by atoms with E-state index in [0.717, 1.165) is 51.4 Å². The Morgan fingerprint density at radius 2 is 2.04 bits per heavy atom. The van der Waals surface area contributed by atoms with Gasteiger partial charge in [0.15, 0.2) is 5.96 Å². The highest BCUT2D eigenvalue weighted by molar-refractivity contribution is 7.14. The van der Waals surface area contributed by atoms with E-state index < -0.39 is 0 Å². The molecule has 5 heteroatoms. The zero-order valence-corrected chi connectivity index (χ0v) is 16.3. The van der Waals surface area contributed by atoms with Crippen LogP contribution in [0.4, 0.5) is 5.00 Å². The van der Waals surface area contributed by atoms with Crippen molar-refractivity contribution < 1.29 is 0 Å². The van der Waals surface area contributed by atoms with Gasteiger partial charge in [0.1, 0.15) is 0 Å². The van der Waals surface area contributed by atoms with Gasteiger partial charge in [-0.3, -0.25) is 4.99 Å². The topological polar surface area (TPSA) is 39.7 Å². The van der Waals surface area contributed by atoms with Gasteiger partial charge in [0.2, 0.25) is 0 Å². The molecule has 1 aromatic carbocycles. The van der Waals surface area contributed by atoms with Crippen LogP contribution in [0.3, 0.4) is 0 Å². The number of hydrogen-bond donors (Lipinski definition) is 2. The molecule has 4 nitrogen and oxygen atoms in total. The van der Waals surface area contributed by atoms with Crippen LogP contribution in [0, 0.1) is 0 Å². The van der Waals surface area contributed by atoms with Crippen molar-refractivity contribution in [3.63, 3.8) is 0 Å². The lowest BCUT2D eigenvalue weighted by molar-refractivity contribution is 0.462. The average molecular weight is 369 g/mol. The molecule has 1 unspecified atom stereocenters. The molecule has 1 saturated heterocycles. The van der Waals surface area contributed by atoms with E-state index >= 15 is 0 Å². The maximum Gasteiger partial charge on any atom is 0.191 e. The van der Waals surface area contributed by atoms with Crippen LogP contribution in [0.15, 0.2) is 46.8 Å². The monoisotopic (exact) mass is 368 g/mol. The van der Waals surface area contributed by atoms with E-state index in [1.807, 2.05) is 11.3 Å². The van der Waals surface area contributed by atoms with Gasteiger partial charge >= 0.3 is 0 Å². The second-order valence-corrected chi connectivity index (χ2v) is 8.10. The maximum atomic E-state index is 4.88. The van der Waals surface area contributed by atoms with Crippen LogP contribution in [0.25, 0.3) is 0 Å². The lowest BCUT2D eigenvalue weighted by Gasteiger charge is -2.34. The van der Waals surface area contributed by atoms with Crippen molar-refractivity contribution in [3.8, 4) is 0 Å². The molecule has 0 radical (unpaired) electrons. The molecule has 1 aliphatic heterocycles. The third-order valence-corrected chi connectivity index (χ3v) is 6.36. The second kappa shape index (κ2) is 8.12. The first-order valence-electron chi connectivity index (χ1n) is 9.74. The van der Waals surface area contributed by atoms with Gasteiger partial charge in [-0.05, 0) is 54.8 Å². The molecule has 4 rings (SSSR count). The lowest BCUT2D eigenvalue weighted by atomic mass is 9.78. The van der Waals surface area contributed by atoms with Crippen molar-refractivity contribution in [1.29, 1.82) is 0 Å². The summed E-state index contributed by atoms with van der Waals surface area (Å²) in [6.07, 6.45) is 3.49. The first kappa shape index (κ1) is 17.4. The number of nitrogens with one attached hydrogen (secondary N) is 2. The predicted octanol–water partition coefficient (Wildman–Crippen LogP) is 3.61. The fourth-order valence-corrected chi connectivity index (χ4v) is 4.72. The van der Waals surface area contributed by atoms with Gasteiger partial charge in [0.05, 0.1) is 5.00 Å². The number of rotatable bonds is 5. The van der Waals surface area contributed by atoms with E-state index in [9.17, 15) is 0 Å². The first-order valence-corrected chi connectivity index (χ1v) is 10.6. The SMILES string of the molecule is CCNC(=NCC1Cc2ccccc21)NC1CCN(c2cccs2)CC1. The molecule has 0 saturated carbocycles. The number of benzene rings is 1. The highest BCUT2D eigenvalue weighted by Crippen LogP contribution is 2.34. The molecule has 2 N–H and O–H groups in total. The van der Waals surface area contributed by atoms with Gasteiger partial charge in [-0.25, -0.2) is 0 Å². The molecule has 0 bridgehead atoms. The Hall–Kier alpha value is -2.01. The Labute approximate surface area is 160 Å². The highest BCUT2D eigenvalue weighted by Gasteiger charge is 2.25. The summed E-state index contributed by atoms with van der Waals surface area (Å²) in [5.41, 5.74) is 2.97. The summed E-state index contributed by atoms with van der Waals surface area (Å²) in [6, 6.07) is 13.6. The van der Waals surface area contributed by atoms with Gasteiger partial charge in [-0.2, -0.15) is 0 Å². The predicted molar refractivity (Wildman–Crippen MR) is 112 cm³/mol. The molecule has 0 amide bonds. The van der Waals surface area contributed by atoms with E-state index in [2.05, 4.69) is 64.2 Å². The maximum absolute atomic E-state index is 4.88. The molecule has 26 heavy (non-hydrogen) atoms. The zero-order valence-electron chi connectivity index (χ0n) is 15.4. The number of nitrogens with zero attached hydrogens (tertiary/aromatic N) is 2. The van der Waals surface area contributed by atoms with Crippen molar-refractivity contribution in [2.75, 3.05) is 31.1 Å². The molecule has 0 spiro atoms. The van der Waals surface area contributed by atoms with Crippen molar-refractivity contribution in [1.82, 2.24) is 10.6 Å². The Morgan fingerprint density at radius 1 is 1.19 bits per heavy atom. The third kappa shape index (κ3) is 3.88. The van der Waals surface area contributed by atoms with Gasteiger partial charge in [-0.15, -0.1) is 11.3 Å². The molecule has 2 aliphatic rings. The highest BCUT2D eigenvalue weighted by atomic mass is 32.1. The van der Waals surface area contributed by atoms with Gasteiger partial charge in [-0.1, -0.05) is 24.3 Å². The number of hydrogen-bond acceptors (Lipinski definition) is 3. The number of aliphatic imine (C=N–C) groups is 1. The molecule has 1 aliphatic carbocycles. The standard InChI is InChI=1S/C21H28N4S/c1-2-22-21(23-15-17-14-16-6-3-4-7-19(16)17)24-18-9-11-25(12-10-18)20-8-5-13-26-20/h3-8,13,17-18H,2,9-12,14-15H2,1H3,(H2,22,23,24). The van der Waals surface area contributed by atoms with Crippen molar-refractivity contribution in [3.05, 3.63) is 52.9 Å². The number of fused-ring (bicyclic) bond motifs is 1. The zero-order chi connectivity index (χ0) is 17.8. The van der Waals surface area contributed by atoms with Gasteiger partial charge < -0.3 is 15.5 Å². The van der Waals surface area contributed by atoms with E-state index in [4.69, 9.17) is 4.99 Å². The van der Waals surface area contributed by atoms with E-state index in [1.54, 1.807) is 0 Å². The minimum absolute atomic E-state index is 0.512. The van der Waals surface area contributed by atoms with Crippen LogP contribution < -0.4 is 15.5 Å². The molecule has 1 atom stereocenters. The van der Waals surface area contributed by atoms with Crippen LogP contribution in [0.1, 0.15) is 36.8 Å². The van der Waals surface area contributed by atoms with Crippen molar-refractivity contribution in [2.24, 2.45) is 4.99 Å².